The Morgan fingerprint density at radius 3 is 2.37 bits per heavy atom. The van der Waals surface area contributed by atoms with E-state index in [1.807, 2.05) is 55.5 Å². The minimum Gasteiger partial charge on any atom is -0.496 e. The molecule has 3 aromatic rings. The average Bonchev–Trinajstić information content (AvgIpc) is 3.14. The highest BCUT2D eigenvalue weighted by Gasteiger charge is 2.11. The summed E-state index contributed by atoms with van der Waals surface area (Å²) >= 11 is 0. The topological polar surface area (TPSA) is 95.0 Å². The summed E-state index contributed by atoms with van der Waals surface area (Å²) < 4.78 is 10.7. The van der Waals surface area contributed by atoms with Crippen LogP contribution in [0.3, 0.4) is 0 Å². The van der Waals surface area contributed by atoms with Crippen LogP contribution in [0, 0.1) is 12.3 Å². The van der Waals surface area contributed by atoms with Gasteiger partial charge < -0.3 is 20.1 Å². The Hall–Kier alpha value is -3.48. The molecule has 0 saturated heterocycles. The van der Waals surface area contributed by atoms with Gasteiger partial charge >= 0.3 is 0 Å². The molecular formula is C20H23N5O2. The number of nitrogens with zero attached hydrogens (tertiary/aromatic N) is 1. The summed E-state index contributed by atoms with van der Waals surface area (Å²) in [5, 5.41) is 21.3. The molecule has 1 heterocycles. The van der Waals surface area contributed by atoms with Crippen molar-refractivity contribution in [2.75, 3.05) is 19.5 Å². The van der Waals surface area contributed by atoms with Crippen molar-refractivity contribution >= 4 is 11.8 Å². The number of anilines is 1. The SMILES string of the molecule is COc1cccc(OC)c1CNC(=N)Nc1cc(-c2ccc(C)cc2)[nH]n1. The van der Waals surface area contributed by atoms with Crippen LogP contribution < -0.4 is 20.1 Å². The number of aromatic amines is 1. The van der Waals surface area contributed by atoms with Crippen molar-refractivity contribution in [3.8, 4) is 22.8 Å². The molecule has 0 aliphatic rings. The summed E-state index contributed by atoms with van der Waals surface area (Å²) in [5.74, 6) is 2.10. The first-order chi connectivity index (χ1) is 13.1. The van der Waals surface area contributed by atoms with E-state index in [9.17, 15) is 0 Å². The van der Waals surface area contributed by atoms with Crippen molar-refractivity contribution in [2.45, 2.75) is 13.5 Å². The number of ether oxygens (including phenoxy) is 2. The van der Waals surface area contributed by atoms with Gasteiger partial charge in [0, 0.05) is 6.07 Å². The minimum absolute atomic E-state index is 0.130. The van der Waals surface area contributed by atoms with Gasteiger partial charge in [-0.1, -0.05) is 35.9 Å². The van der Waals surface area contributed by atoms with E-state index < -0.39 is 0 Å². The smallest absolute Gasteiger partial charge is 0.194 e. The molecule has 0 atom stereocenters. The summed E-state index contributed by atoms with van der Waals surface area (Å²) in [4.78, 5) is 0. The predicted molar refractivity (Wildman–Crippen MR) is 106 cm³/mol. The lowest BCUT2D eigenvalue weighted by molar-refractivity contribution is 0.384. The molecule has 0 radical (unpaired) electrons. The first-order valence-electron chi connectivity index (χ1n) is 8.52. The zero-order chi connectivity index (χ0) is 19.2. The summed E-state index contributed by atoms with van der Waals surface area (Å²) in [5.41, 5.74) is 3.97. The van der Waals surface area contributed by atoms with Gasteiger partial charge in [0.2, 0.25) is 0 Å². The van der Waals surface area contributed by atoms with Gasteiger partial charge in [-0.2, -0.15) is 5.10 Å². The number of aryl methyl sites for hydroxylation is 1. The first kappa shape index (κ1) is 18.3. The molecule has 0 amide bonds. The van der Waals surface area contributed by atoms with Crippen LogP contribution in [0.4, 0.5) is 5.82 Å². The molecule has 0 fully saturated rings. The molecule has 0 spiro atoms. The van der Waals surface area contributed by atoms with Gasteiger partial charge in [0.25, 0.3) is 0 Å². The standard InChI is InChI=1S/C20H23N5O2/c1-13-7-9-14(10-8-13)16-11-19(25-24-16)23-20(21)22-12-15-17(26-2)5-4-6-18(15)27-3/h4-11H,12H2,1-3H3,(H4,21,22,23,24,25). The van der Waals surface area contributed by atoms with E-state index in [1.165, 1.54) is 5.56 Å². The third-order valence-electron chi connectivity index (χ3n) is 4.17. The fraction of sp³-hybridized carbons (Fsp3) is 0.200. The molecule has 0 saturated carbocycles. The lowest BCUT2D eigenvalue weighted by Gasteiger charge is -2.14. The maximum atomic E-state index is 8.11. The largest absolute Gasteiger partial charge is 0.496 e. The molecule has 140 valence electrons. The zero-order valence-corrected chi connectivity index (χ0v) is 15.6. The van der Waals surface area contributed by atoms with Crippen LogP contribution in [0.25, 0.3) is 11.3 Å². The molecule has 0 unspecified atom stereocenters. The van der Waals surface area contributed by atoms with Crippen LogP contribution in [0.1, 0.15) is 11.1 Å². The van der Waals surface area contributed by atoms with Crippen LogP contribution in [0.2, 0.25) is 0 Å². The van der Waals surface area contributed by atoms with E-state index in [1.54, 1.807) is 14.2 Å². The van der Waals surface area contributed by atoms with Crippen molar-refractivity contribution in [3.63, 3.8) is 0 Å². The second kappa shape index (κ2) is 8.27. The Kier molecular flexibility index (Phi) is 5.61. The molecule has 4 N–H and O–H groups in total. The minimum atomic E-state index is 0.130. The molecule has 27 heavy (non-hydrogen) atoms. The number of H-pyrrole nitrogens is 1. The maximum absolute atomic E-state index is 8.11. The van der Waals surface area contributed by atoms with E-state index >= 15 is 0 Å². The van der Waals surface area contributed by atoms with Gasteiger partial charge in [0.05, 0.1) is 32.0 Å². The van der Waals surface area contributed by atoms with E-state index in [0.717, 1.165) is 16.8 Å². The van der Waals surface area contributed by atoms with Crippen molar-refractivity contribution in [1.29, 1.82) is 5.41 Å². The first-order valence-corrected chi connectivity index (χ1v) is 8.52. The number of guanidine groups is 1. The van der Waals surface area contributed by atoms with Crippen molar-refractivity contribution < 1.29 is 9.47 Å². The number of nitrogens with one attached hydrogen (secondary N) is 4. The maximum Gasteiger partial charge on any atom is 0.194 e. The van der Waals surface area contributed by atoms with Crippen molar-refractivity contribution in [3.05, 3.63) is 59.7 Å². The summed E-state index contributed by atoms with van der Waals surface area (Å²) in [6.45, 7) is 2.43. The van der Waals surface area contributed by atoms with Crippen LogP contribution in [-0.2, 0) is 6.54 Å². The Morgan fingerprint density at radius 2 is 1.74 bits per heavy atom. The number of rotatable bonds is 6. The predicted octanol–water partition coefficient (Wildman–Crippen LogP) is 3.54. The molecule has 7 nitrogen and oxygen atoms in total. The Bertz CT molecular complexity index is 896. The number of hydrogen-bond donors (Lipinski definition) is 4. The molecule has 0 bridgehead atoms. The Labute approximate surface area is 158 Å². The molecular weight excluding hydrogens is 342 g/mol. The quantitative estimate of drug-likeness (QED) is 0.396. The monoisotopic (exact) mass is 365 g/mol. The summed E-state index contributed by atoms with van der Waals surface area (Å²) in [7, 11) is 3.22. The molecule has 0 aliphatic carbocycles. The number of benzene rings is 2. The average molecular weight is 365 g/mol. The Morgan fingerprint density at radius 1 is 1.07 bits per heavy atom. The van der Waals surface area contributed by atoms with E-state index in [2.05, 4.69) is 20.8 Å². The lowest BCUT2D eigenvalue weighted by atomic mass is 10.1. The van der Waals surface area contributed by atoms with Crippen LogP contribution in [0.15, 0.2) is 48.5 Å². The molecule has 2 aromatic carbocycles. The van der Waals surface area contributed by atoms with Crippen LogP contribution >= 0.6 is 0 Å². The molecule has 1 aromatic heterocycles. The number of aromatic nitrogens is 2. The lowest BCUT2D eigenvalue weighted by Crippen LogP contribution is -2.29. The highest BCUT2D eigenvalue weighted by Crippen LogP contribution is 2.28. The van der Waals surface area contributed by atoms with Gasteiger partial charge in [0.1, 0.15) is 11.5 Å². The van der Waals surface area contributed by atoms with Crippen LogP contribution in [0.5, 0.6) is 11.5 Å². The number of methoxy groups -OCH3 is 2. The molecule has 3 rings (SSSR count). The molecule has 0 aliphatic heterocycles. The zero-order valence-electron chi connectivity index (χ0n) is 15.6. The number of hydrogen-bond acceptors (Lipinski definition) is 4. The van der Waals surface area contributed by atoms with Gasteiger partial charge in [0.15, 0.2) is 11.8 Å². The van der Waals surface area contributed by atoms with Crippen molar-refractivity contribution in [1.82, 2.24) is 15.5 Å². The van der Waals surface area contributed by atoms with Gasteiger partial charge in [-0.05, 0) is 24.6 Å². The Balaban J connectivity index is 1.63. The van der Waals surface area contributed by atoms with E-state index in [-0.39, 0.29) is 5.96 Å². The third kappa shape index (κ3) is 4.38. The summed E-state index contributed by atoms with van der Waals surface area (Å²) in [6.07, 6.45) is 0. The second-order valence-electron chi connectivity index (χ2n) is 6.03. The highest BCUT2D eigenvalue weighted by molar-refractivity contribution is 5.90. The van der Waals surface area contributed by atoms with Gasteiger partial charge in [-0.15, -0.1) is 0 Å². The van der Waals surface area contributed by atoms with Crippen LogP contribution in [-0.4, -0.2) is 30.4 Å². The second-order valence-corrected chi connectivity index (χ2v) is 6.03. The van der Waals surface area contributed by atoms with E-state index in [0.29, 0.717) is 23.9 Å². The highest BCUT2D eigenvalue weighted by atomic mass is 16.5. The van der Waals surface area contributed by atoms with Gasteiger partial charge in [-0.25, -0.2) is 0 Å². The van der Waals surface area contributed by atoms with Gasteiger partial charge in [-0.3, -0.25) is 10.5 Å². The molecule has 7 heteroatoms. The van der Waals surface area contributed by atoms with E-state index in [4.69, 9.17) is 14.9 Å². The third-order valence-corrected chi connectivity index (χ3v) is 4.17. The fourth-order valence-corrected chi connectivity index (χ4v) is 2.72. The normalized spacial score (nSPS) is 10.3. The fourth-order valence-electron chi connectivity index (χ4n) is 2.72. The van der Waals surface area contributed by atoms with Crippen molar-refractivity contribution in [2.24, 2.45) is 0 Å². The summed E-state index contributed by atoms with van der Waals surface area (Å²) in [6, 6.07) is 15.6.